The molecule has 0 unspecified atom stereocenters. The van der Waals surface area contributed by atoms with E-state index in [4.69, 9.17) is 4.74 Å². The van der Waals surface area contributed by atoms with Crippen LogP contribution in [-0.2, 0) is 15.1 Å². The lowest BCUT2D eigenvalue weighted by Crippen LogP contribution is -2.67. The van der Waals surface area contributed by atoms with Crippen molar-refractivity contribution in [1.29, 1.82) is 0 Å². The van der Waals surface area contributed by atoms with Crippen molar-refractivity contribution in [3.05, 3.63) is 65.4 Å². The van der Waals surface area contributed by atoms with Crippen LogP contribution in [-0.4, -0.2) is 65.1 Å². The van der Waals surface area contributed by atoms with E-state index in [-0.39, 0.29) is 37.4 Å². The number of methoxy groups -OCH3 is 1. The summed E-state index contributed by atoms with van der Waals surface area (Å²) in [6.45, 7) is 2.12. The summed E-state index contributed by atoms with van der Waals surface area (Å²) < 4.78 is 5.64. The van der Waals surface area contributed by atoms with Gasteiger partial charge in [0.25, 0.3) is 5.91 Å². The molecule has 7 nitrogen and oxygen atoms in total. The van der Waals surface area contributed by atoms with Gasteiger partial charge in [-0.15, -0.1) is 0 Å². The fraction of sp³-hybridized carbons (Fsp3) is 0.333. The van der Waals surface area contributed by atoms with Gasteiger partial charge in [-0.1, -0.05) is 36.4 Å². The number of H-pyrrole nitrogens is 1. The van der Waals surface area contributed by atoms with E-state index in [9.17, 15) is 14.7 Å². The molecule has 0 aliphatic carbocycles. The average Bonchev–Trinajstić information content (AvgIpc) is 3.18. The summed E-state index contributed by atoms with van der Waals surface area (Å²) in [5.41, 5.74) is 2.51. The molecule has 1 aromatic heterocycles. The zero-order valence-electron chi connectivity index (χ0n) is 17.6. The molecule has 160 valence electrons. The van der Waals surface area contributed by atoms with E-state index in [0.29, 0.717) is 6.54 Å². The number of para-hydroxylation sites is 2. The summed E-state index contributed by atoms with van der Waals surface area (Å²) in [5.74, 6) is 0.314. The number of hydrogen-bond acceptors (Lipinski definition) is 4. The molecule has 1 fully saturated rings. The minimum atomic E-state index is -1.16. The Morgan fingerprint density at radius 2 is 1.90 bits per heavy atom. The second kappa shape index (κ2) is 7.13. The first-order chi connectivity index (χ1) is 15.0. The minimum Gasteiger partial charge on any atom is -0.496 e. The Balaban J connectivity index is 1.78. The average molecular weight is 419 g/mol. The molecular weight excluding hydrogens is 394 g/mol. The molecule has 5 rings (SSSR count). The number of hydrogen-bond donors (Lipinski definition) is 2. The molecule has 31 heavy (non-hydrogen) atoms. The Bertz CT molecular complexity index is 1190. The van der Waals surface area contributed by atoms with Crippen molar-refractivity contribution >= 4 is 22.7 Å². The van der Waals surface area contributed by atoms with Gasteiger partial charge in [-0.2, -0.15) is 0 Å². The van der Waals surface area contributed by atoms with Gasteiger partial charge in [0.1, 0.15) is 5.75 Å². The van der Waals surface area contributed by atoms with Crippen molar-refractivity contribution in [3.8, 4) is 5.75 Å². The van der Waals surface area contributed by atoms with Crippen LogP contribution in [0.25, 0.3) is 10.9 Å². The molecule has 2 N–H and O–H groups in total. The third-order valence-corrected chi connectivity index (χ3v) is 6.70. The highest BCUT2D eigenvalue weighted by molar-refractivity contribution is 6.01. The number of carbonyl (C=O) groups is 2. The van der Waals surface area contributed by atoms with E-state index < -0.39 is 5.54 Å². The molecule has 0 radical (unpaired) electrons. The normalized spacial score (nSPS) is 23.1. The van der Waals surface area contributed by atoms with Crippen LogP contribution in [0.2, 0.25) is 0 Å². The van der Waals surface area contributed by atoms with E-state index in [1.54, 1.807) is 12.0 Å². The van der Waals surface area contributed by atoms with Crippen molar-refractivity contribution in [3.63, 3.8) is 0 Å². The van der Waals surface area contributed by atoms with E-state index in [1.165, 1.54) is 4.90 Å². The molecule has 3 aromatic rings. The first-order valence-corrected chi connectivity index (χ1v) is 10.5. The number of amides is 2. The van der Waals surface area contributed by atoms with Crippen LogP contribution in [0.3, 0.4) is 0 Å². The number of fused-ring (bicyclic) bond motifs is 5. The van der Waals surface area contributed by atoms with E-state index in [0.717, 1.165) is 33.5 Å². The molecule has 0 saturated carbocycles. The molecule has 0 bridgehead atoms. The molecule has 2 aliphatic heterocycles. The summed E-state index contributed by atoms with van der Waals surface area (Å²) >= 11 is 0. The van der Waals surface area contributed by atoms with Crippen molar-refractivity contribution in [2.75, 3.05) is 33.4 Å². The standard InChI is InChI=1S/C24H25N3O4/c1-24-22-21(16-8-3-5-9-18(16)25-22)17(15-7-4-6-10-19(15)31-2)13-27(24)20(29)14-26(11-12-28)23(24)30/h3-10,17,25,28H,11-14H2,1-2H3/t17-,24-/m1/s1. The van der Waals surface area contributed by atoms with Gasteiger partial charge in [-0.25, -0.2) is 0 Å². The van der Waals surface area contributed by atoms with Gasteiger partial charge in [0.15, 0.2) is 5.54 Å². The predicted molar refractivity (Wildman–Crippen MR) is 116 cm³/mol. The van der Waals surface area contributed by atoms with Crippen LogP contribution in [0.15, 0.2) is 48.5 Å². The summed E-state index contributed by atoms with van der Waals surface area (Å²) in [6, 6.07) is 15.8. The number of benzene rings is 2. The van der Waals surface area contributed by atoms with Gasteiger partial charge in [0.2, 0.25) is 5.91 Å². The zero-order valence-corrected chi connectivity index (χ0v) is 17.6. The number of rotatable bonds is 4. The Morgan fingerprint density at radius 1 is 1.16 bits per heavy atom. The molecule has 1 saturated heterocycles. The van der Waals surface area contributed by atoms with Crippen LogP contribution >= 0.6 is 0 Å². The molecule has 2 amide bonds. The topological polar surface area (TPSA) is 85.9 Å². The number of carbonyl (C=O) groups excluding carboxylic acids is 2. The van der Waals surface area contributed by atoms with Crippen LogP contribution < -0.4 is 4.74 Å². The lowest BCUT2D eigenvalue weighted by Gasteiger charge is -2.51. The number of nitrogens with one attached hydrogen (secondary N) is 1. The van der Waals surface area contributed by atoms with Crippen LogP contribution in [0.5, 0.6) is 5.75 Å². The number of aliphatic hydroxyl groups is 1. The Labute approximate surface area is 180 Å². The number of piperazine rings is 1. The maximum Gasteiger partial charge on any atom is 0.255 e. The van der Waals surface area contributed by atoms with E-state index in [1.807, 2.05) is 55.5 Å². The molecule has 2 aliphatic rings. The van der Waals surface area contributed by atoms with Crippen LogP contribution in [0.1, 0.15) is 29.7 Å². The number of aliphatic hydroxyl groups excluding tert-OH is 1. The van der Waals surface area contributed by atoms with Crippen molar-refractivity contribution < 1.29 is 19.4 Å². The molecule has 0 spiro atoms. The van der Waals surface area contributed by atoms with E-state index >= 15 is 0 Å². The highest BCUT2D eigenvalue weighted by atomic mass is 16.5. The first kappa shape index (κ1) is 19.6. The SMILES string of the molecule is COc1ccccc1[C@H]1CN2C(=O)CN(CCO)C(=O)[C@@]2(C)c2[nH]c3ccccc3c21. The van der Waals surface area contributed by atoms with Gasteiger partial charge in [0.05, 0.1) is 26.0 Å². The highest BCUT2D eigenvalue weighted by Crippen LogP contribution is 2.49. The lowest BCUT2D eigenvalue weighted by molar-refractivity contribution is -0.166. The second-order valence-corrected chi connectivity index (χ2v) is 8.28. The monoisotopic (exact) mass is 419 g/mol. The van der Waals surface area contributed by atoms with Crippen molar-refractivity contribution in [2.45, 2.75) is 18.4 Å². The number of ether oxygens (including phenoxy) is 1. The molecular formula is C24H25N3O4. The molecule has 2 atom stereocenters. The summed E-state index contributed by atoms with van der Waals surface area (Å²) in [4.78, 5) is 33.4. The fourth-order valence-corrected chi connectivity index (χ4v) is 5.21. The zero-order chi connectivity index (χ0) is 21.8. The first-order valence-electron chi connectivity index (χ1n) is 10.5. The number of nitrogens with zero attached hydrogens (tertiary/aromatic N) is 2. The van der Waals surface area contributed by atoms with Gasteiger partial charge >= 0.3 is 0 Å². The molecule has 3 heterocycles. The summed E-state index contributed by atoms with van der Waals surface area (Å²) in [6.07, 6.45) is 0. The highest BCUT2D eigenvalue weighted by Gasteiger charge is 2.56. The Kier molecular flexibility index (Phi) is 4.51. The van der Waals surface area contributed by atoms with Crippen molar-refractivity contribution in [1.82, 2.24) is 14.8 Å². The van der Waals surface area contributed by atoms with Crippen molar-refractivity contribution in [2.24, 2.45) is 0 Å². The second-order valence-electron chi connectivity index (χ2n) is 8.28. The maximum absolute atomic E-state index is 13.6. The van der Waals surface area contributed by atoms with Crippen LogP contribution in [0.4, 0.5) is 0 Å². The largest absolute Gasteiger partial charge is 0.496 e. The van der Waals surface area contributed by atoms with Gasteiger partial charge in [0, 0.05) is 35.5 Å². The minimum absolute atomic E-state index is 0.0246. The third kappa shape index (κ3) is 2.69. The van der Waals surface area contributed by atoms with Crippen LogP contribution in [0, 0.1) is 0 Å². The number of β-amino-alcohol motifs (C(OH)–C–C–N with tert-alkyl or cyclic N) is 1. The summed E-state index contributed by atoms with van der Waals surface area (Å²) in [7, 11) is 1.64. The van der Waals surface area contributed by atoms with Gasteiger partial charge < -0.3 is 24.6 Å². The van der Waals surface area contributed by atoms with Gasteiger partial charge in [-0.3, -0.25) is 9.59 Å². The molecule has 7 heteroatoms. The summed E-state index contributed by atoms with van der Waals surface area (Å²) in [5, 5.41) is 10.5. The van der Waals surface area contributed by atoms with Gasteiger partial charge in [-0.05, 0) is 24.6 Å². The van der Waals surface area contributed by atoms with E-state index in [2.05, 4.69) is 4.98 Å². The smallest absolute Gasteiger partial charge is 0.255 e. The predicted octanol–water partition coefficient (Wildman–Crippen LogP) is 2.20. The Morgan fingerprint density at radius 3 is 2.68 bits per heavy atom. The fourth-order valence-electron chi connectivity index (χ4n) is 5.21. The third-order valence-electron chi connectivity index (χ3n) is 6.70. The molecule has 2 aromatic carbocycles. The lowest BCUT2D eigenvalue weighted by atomic mass is 9.76. The number of aromatic amines is 1. The number of aromatic nitrogens is 1. The quantitative estimate of drug-likeness (QED) is 0.679. The Hall–Kier alpha value is -3.32. The maximum atomic E-state index is 13.6.